The third kappa shape index (κ3) is 5.82. The van der Waals surface area contributed by atoms with Gasteiger partial charge in [0.25, 0.3) is 0 Å². The van der Waals surface area contributed by atoms with Crippen LogP contribution in [0.15, 0.2) is 64.9 Å². The SMILES string of the molecule is CC(Sc1ccccc1)C(=O)Nc1nc(-c2ccc(NS(C)(=O)=O)cc2)cs1. The molecule has 1 atom stereocenters. The number of nitrogens with one attached hydrogen (secondary N) is 2. The van der Waals surface area contributed by atoms with Crippen LogP contribution in [0.5, 0.6) is 0 Å². The van der Waals surface area contributed by atoms with Crippen LogP contribution in [0.2, 0.25) is 0 Å². The molecular formula is C19H19N3O3S3. The van der Waals surface area contributed by atoms with Crippen molar-refractivity contribution in [3.63, 3.8) is 0 Å². The number of thiazole rings is 1. The van der Waals surface area contributed by atoms with E-state index < -0.39 is 10.0 Å². The predicted molar refractivity (Wildman–Crippen MR) is 116 cm³/mol. The highest BCUT2D eigenvalue weighted by Crippen LogP contribution is 2.28. The highest BCUT2D eigenvalue weighted by Gasteiger charge is 2.16. The first-order valence-corrected chi connectivity index (χ1v) is 12.0. The van der Waals surface area contributed by atoms with Gasteiger partial charge in [-0.25, -0.2) is 13.4 Å². The zero-order chi connectivity index (χ0) is 20.1. The number of hydrogen-bond donors (Lipinski definition) is 2. The summed E-state index contributed by atoms with van der Waals surface area (Å²) in [6.07, 6.45) is 1.10. The number of carbonyl (C=O) groups excluding carboxylic acids is 1. The van der Waals surface area contributed by atoms with Crippen molar-refractivity contribution < 1.29 is 13.2 Å². The number of sulfonamides is 1. The minimum absolute atomic E-state index is 0.109. The molecule has 0 saturated carbocycles. The van der Waals surface area contributed by atoms with Crippen LogP contribution in [0.1, 0.15) is 6.92 Å². The molecule has 2 N–H and O–H groups in total. The summed E-state index contributed by atoms with van der Waals surface area (Å²) in [5.41, 5.74) is 2.04. The van der Waals surface area contributed by atoms with Crippen molar-refractivity contribution in [3.05, 3.63) is 60.0 Å². The molecule has 3 aromatic rings. The van der Waals surface area contributed by atoms with Crippen LogP contribution in [0.3, 0.4) is 0 Å². The monoisotopic (exact) mass is 433 g/mol. The number of benzene rings is 2. The number of nitrogens with zero attached hydrogens (tertiary/aromatic N) is 1. The lowest BCUT2D eigenvalue weighted by Crippen LogP contribution is -2.22. The number of rotatable bonds is 7. The minimum Gasteiger partial charge on any atom is -0.301 e. The molecule has 0 radical (unpaired) electrons. The van der Waals surface area contributed by atoms with Gasteiger partial charge in [0.15, 0.2) is 5.13 Å². The van der Waals surface area contributed by atoms with Crippen LogP contribution in [0.4, 0.5) is 10.8 Å². The van der Waals surface area contributed by atoms with Gasteiger partial charge in [0, 0.05) is 21.5 Å². The summed E-state index contributed by atoms with van der Waals surface area (Å²) in [4.78, 5) is 17.9. The molecule has 0 aliphatic rings. The van der Waals surface area contributed by atoms with Gasteiger partial charge in [0.05, 0.1) is 17.2 Å². The Kier molecular flexibility index (Phi) is 6.38. The predicted octanol–water partition coefficient (Wildman–Crippen LogP) is 4.30. The topological polar surface area (TPSA) is 88.2 Å². The number of aromatic nitrogens is 1. The molecular weight excluding hydrogens is 414 g/mol. The molecule has 0 fully saturated rings. The number of amides is 1. The van der Waals surface area contributed by atoms with Crippen molar-refractivity contribution in [3.8, 4) is 11.3 Å². The second kappa shape index (κ2) is 8.76. The van der Waals surface area contributed by atoms with Gasteiger partial charge in [0.2, 0.25) is 15.9 Å². The van der Waals surface area contributed by atoms with E-state index in [-0.39, 0.29) is 11.2 Å². The third-order valence-corrected chi connectivity index (χ3v) is 6.12. The maximum absolute atomic E-state index is 12.4. The first kappa shape index (κ1) is 20.4. The van der Waals surface area contributed by atoms with Crippen LogP contribution in [-0.4, -0.2) is 30.8 Å². The largest absolute Gasteiger partial charge is 0.301 e. The Bertz CT molecular complexity index is 1050. The van der Waals surface area contributed by atoms with Crippen LogP contribution < -0.4 is 10.0 Å². The molecule has 28 heavy (non-hydrogen) atoms. The zero-order valence-electron chi connectivity index (χ0n) is 15.2. The molecule has 0 bridgehead atoms. The van der Waals surface area contributed by atoms with Crippen molar-refractivity contribution in [2.75, 3.05) is 16.3 Å². The van der Waals surface area contributed by atoms with Gasteiger partial charge in [-0.15, -0.1) is 23.1 Å². The Morgan fingerprint density at radius 3 is 2.43 bits per heavy atom. The molecule has 1 heterocycles. The average Bonchev–Trinajstić information content (AvgIpc) is 3.10. The quantitative estimate of drug-likeness (QED) is 0.542. The van der Waals surface area contributed by atoms with Crippen molar-refractivity contribution in [1.82, 2.24) is 4.98 Å². The van der Waals surface area contributed by atoms with E-state index in [1.165, 1.54) is 23.1 Å². The normalized spacial score (nSPS) is 12.4. The number of thioether (sulfide) groups is 1. The molecule has 2 aromatic carbocycles. The van der Waals surface area contributed by atoms with Crippen LogP contribution >= 0.6 is 23.1 Å². The molecule has 0 aliphatic carbocycles. The number of carbonyl (C=O) groups is 1. The maximum atomic E-state index is 12.4. The van der Waals surface area contributed by atoms with Gasteiger partial charge in [-0.2, -0.15) is 0 Å². The van der Waals surface area contributed by atoms with Gasteiger partial charge in [-0.3, -0.25) is 9.52 Å². The highest BCUT2D eigenvalue weighted by molar-refractivity contribution is 8.00. The van der Waals surface area contributed by atoms with Gasteiger partial charge in [0.1, 0.15) is 0 Å². The lowest BCUT2D eigenvalue weighted by Gasteiger charge is -2.10. The first-order valence-electron chi connectivity index (χ1n) is 8.36. The van der Waals surface area contributed by atoms with Gasteiger partial charge < -0.3 is 5.32 Å². The van der Waals surface area contributed by atoms with E-state index in [4.69, 9.17) is 0 Å². The lowest BCUT2D eigenvalue weighted by atomic mass is 10.1. The Balaban J connectivity index is 1.62. The van der Waals surface area contributed by atoms with Crippen LogP contribution in [0.25, 0.3) is 11.3 Å². The second-order valence-electron chi connectivity index (χ2n) is 6.05. The molecule has 9 heteroatoms. The molecule has 0 saturated heterocycles. The molecule has 3 rings (SSSR count). The van der Waals surface area contributed by atoms with Crippen molar-refractivity contribution in [2.45, 2.75) is 17.1 Å². The minimum atomic E-state index is -3.31. The van der Waals surface area contributed by atoms with Crippen LogP contribution in [-0.2, 0) is 14.8 Å². The van der Waals surface area contributed by atoms with Crippen molar-refractivity contribution in [1.29, 1.82) is 0 Å². The second-order valence-corrected chi connectivity index (χ2v) is 10.1. The Morgan fingerprint density at radius 1 is 1.11 bits per heavy atom. The van der Waals surface area contributed by atoms with Crippen molar-refractivity contribution >= 4 is 49.8 Å². The van der Waals surface area contributed by atoms with E-state index >= 15 is 0 Å². The molecule has 1 amide bonds. The Hall–Kier alpha value is -2.36. The fourth-order valence-corrected chi connectivity index (χ4v) is 4.53. The number of hydrogen-bond acceptors (Lipinski definition) is 6. The third-order valence-electron chi connectivity index (χ3n) is 3.64. The maximum Gasteiger partial charge on any atom is 0.239 e. The summed E-state index contributed by atoms with van der Waals surface area (Å²) >= 11 is 2.84. The summed E-state index contributed by atoms with van der Waals surface area (Å²) in [5.74, 6) is -0.109. The molecule has 146 valence electrons. The highest BCUT2D eigenvalue weighted by atomic mass is 32.2. The molecule has 6 nitrogen and oxygen atoms in total. The zero-order valence-corrected chi connectivity index (χ0v) is 17.7. The standard InChI is InChI=1S/C19H19N3O3S3/c1-13(27-16-6-4-3-5-7-16)18(23)21-19-20-17(12-26-19)14-8-10-15(11-9-14)22-28(2,24)25/h3-13,22H,1-2H3,(H,20,21,23). The smallest absolute Gasteiger partial charge is 0.239 e. The summed E-state index contributed by atoms with van der Waals surface area (Å²) in [7, 11) is -3.31. The summed E-state index contributed by atoms with van der Waals surface area (Å²) in [6, 6.07) is 16.7. The van der Waals surface area contributed by atoms with Crippen LogP contribution in [0, 0.1) is 0 Å². The number of anilines is 2. The molecule has 0 aliphatic heterocycles. The fourth-order valence-electron chi connectivity index (χ4n) is 2.35. The van der Waals surface area contributed by atoms with E-state index in [1.54, 1.807) is 24.3 Å². The average molecular weight is 434 g/mol. The molecule has 1 aromatic heterocycles. The summed E-state index contributed by atoms with van der Waals surface area (Å²) in [6.45, 7) is 1.86. The van der Waals surface area contributed by atoms with Gasteiger partial charge in [-0.05, 0) is 31.2 Å². The van der Waals surface area contributed by atoms with E-state index in [9.17, 15) is 13.2 Å². The van der Waals surface area contributed by atoms with E-state index in [0.29, 0.717) is 10.8 Å². The summed E-state index contributed by atoms with van der Waals surface area (Å²) in [5, 5.41) is 4.97. The van der Waals surface area contributed by atoms with Gasteiger partial charge in [-0.1, -0.05) is 30.3 Å². The fraction of sp³-hybridized carbons (Fsp3) is 0.158. The van der Waals surface area contributed by atoms with E-state index in [1.807, 2.05) is 42.6 Å². The Labute approximate surface area is 172 Å². The van der Waals surface area contributed by atoms with E-state index in [0.717, 1.165) is 22.4 Å². The first-order chi connectivity index (χ1) is 13.3. The Morgan fingerprint density at radius 2 is 1.79 bits per heavy atom. The molecule has 0 spiro atoms. The van der Waals surface area contributed by atoms with Crippen molar-refractivity contribution in [2.24, 2.45) is 0 Å². The molecule has 1 unspecified atom stereocenters. The van der Waals surface area contributed by atoms with E-state index in [2.05, 4.69) is 15.0 Å². The summed E-state index contributed by atoms with van der Waals surface area (Å²) < 4.78 is 25.0. The van der Waals surface area contributed by atoms with Gasteiger partial charge >= 0.3 is 0 Å². The lowest BCUT2D eigenvalue weighted by molar-refractivity contribution is -0.115.